The maximum absolute atomic E-state index is 6.27. The molecule has 8 aromatic rings. The van der Waals surface area contributed by atoms with Gasteiger partial charge in [0.2, 0.25) is 0 Å². The summed E-state index contributed by atoms with van der Waals surface area (Å²) in [5.74, 6) is 0. The molecule has 24 heteroatoms. The van der Waals surface area contributed by atoms with Gasteiger partial charge in [-0.2, -0.15) is 0 Å². The summed E-state index contributed by atoms with van der Waals surface area (Å²) in [4.78, 5) is 0. The van der Waals surface area contributed by atoms with Gasteiger partial charge in [-0.3, -0.25) is 0 Å². The highest BCUT2D eigenvalue weighted by Gasteiger charge is 2.53. The van der Waals surface area contributed by atoms with Crippen LogP contribution in [0.4, 0.5) is 0 Å². The molecule has 6 heterocycles. The number of nitrogens with zero attached hydrogens (tertiary/aromatic N) is 6. The minimum Gasteiger partial charge on any atom is -0.322 e. The van der Waals surface area contributed by atoms with Gasteiger partial charge >= 0.3 is 0 Å². The third-order valence-corrected chi connectivity index (χ3v) is 65.3. The smallest absolute Gasteiger partial charge is 0.162 e. The van der Waals surface area contributed by atoms with Gasteiger partial charge in [-0.1, -0.05) is 228 Å². The standard InChI is InChI=1S/2C30H42N3P3S4Si2/c2*1-9-21-31-25-28(40-29(31)37)36(35(23-17-13-11-14-18-23)24-19-15-12-16-20-24)26-27(39-30(38)32(26)22-10-2)34(25)33(41(3,4)5)42(6,7)8/h2*11-20H,9-10,21-22H2,1-8H3. The summed E-state index contributed by atoms with van der Waals surface area (Å²) in [5.41, 5.74) is 6.23. The number of hydrogen-bond acceptors (Lipinski definition) is 10. The molecule has 0 bridgehead atoms. The molecule has 2 aliphatic rings. The molecule has 4 atom stereocenters. The second-order valence-corrected chi connectivity index (χ2v) is 69.3. The first-order valence-electron chi connectivity index (χ1n) is 29.4. The van der Waals surface area contributed by atoms with Gasteiger partial charge in [0, 0.05) is 57.5 Å². The van der Waals surface area contributed by atoms with Gasteiger partial charge in [0.15, 0.2) is 15.8 Å². The van der Waals surface area contributed by atoms with Gasteiger partial charge in [0.05, 0.1) is 40.2 Å². The summed E-state index contributed by atoms with van der Waals surface area (Å²) in [6.07, 6.45) is 4.34. The predicted octanol–water partition coefficient (Wildman–Crippen LogP) is 17.6. The SMILES string of the molecule is CCCn1c2c(sc1=S)P(P(c1ccccc1)c1ccccc1)c1c(sc(=S)n1CCC)P2N([Si](C)(C)C)[Si](C)(C)C.CCCn1c2c(sc1=S)P(P(c1ccccc1)c1ccccc1)c1c(sc(=S)n1CCC)P2N([Si](C)(C)C)[Si](C)(C)C. The van der Waals surface area contributed by atoms with E-state index in [1.165, 1.54) is 21.2 Å². The van der Waals surface area contributed by atoms with Gasteiger partial charge in [0.1, 0.15) is 32.9 Å². The van der Waals surface area contributed by atoms with Crippen LogP contribution in [0.5, 0.6) is 0 Å². The summed E-state index contributed by atoms with van der Waals surface area (Å²) in [7, 11) is -11.2. The molecule has 0 fully saturated rings. The normalized spacial score (nSPS) is 17.1. The fraction of sp³-hybridized carbons (Fsp3) is 0.400. The lowest BCUT2D eigenvalue weighted by molar-refractivity contribution is 0.693. The largest absolute Gasteiger partial charge is 0.322 e. The lowest BCUT2D eigenvalue weighted by Crippen LogP contribution is -2.61. The van der Waals surface area contributed by atoms with Gasteiger partial charge in [-0.15, -0.1) is 45.3 Å². The first-order valence-corrected chi connectivity index (χ1v) is 57.4. The van der Waals surface area contributed by atoms with Crippen molar-refractivity contribution in [3.05, 3.63) is 137 Å². The van der Waals surface area contributed by atoms with Crippen LogP contribution in [0.1, 0.15) is 53.4 Å². The van der Waals surface area contributed by atoms with Gasteiger partial charge in [0.25, 0.3) is 0 Å². The molecule has 0 saturated heterocycles. The van der Waals surface area contributed by atoms with Crippen LogP contribution in [0, 0.1) is 15.8 Å². The monoisotopic (exact) mass is 1440 g/mol. The molecule has 84 heavy (non-hydrogen) atoms. The van der Waals surface area contributed by atoms with Crippen LogP contribution in [0.15, 0.2) is 121 Å². The molecule has 4 aromatic carbocycles. The second-order valence-electron chi connectivity index (χ2n) is 25.1. The van der Waals surface area contributed by atoms with E-state index in [-0.39, 0.29) is 0 Å². The topological polar surface area (TPSA) is 26.2 Å². The molecule has 0 spiro atoms. The molecule has 0 aliphatic carbocycles. The van der Waals surface area contributed by atoms with E-state index in [4.69, 9.17) is 48.9 Å². The highest BCUT2D eigenvalue weighted by atomic mass is 32.2. The average molecular weight is 1440 g/mol. The summed E-state index contributed by atoms with van der Waals surface area (Å²) in [6, 6.07) is 45.2. The highest BCUT2D eigenvalue weighted by Crippen LogP contribution is 2.71. The predicted molar refractivity (Wildman–Crippen MR) is 414 cm³/mol. The Balaban J connectivity index is 0.000000202. The molecule has 0 radical (unpaired) electrons. The van der Waals surface area contributed by atoms with Crippen molar-refractivity contribution in [2.45, 2.75) is 158 Å². The van der Waals surface area contributed by atoms with E-state index in [0.29, 0.717) is 0 Å². The number of benzene rings is 4. The van der Waals surface area contributed by atoms with Crippen molar-refractivity contribution in [1.82, 2.24) is 26.3 Å². The minimum absolute atomic E-state index is 0.689. The second kappa shape index (κ2) is 28.3. The summed E-state index contributed by atoms with van der Waals surface area (Å²) in [6.45, 7) is 43.8. The van der Waals surface area contributed by atoms with Crippen LogP contribution < -0.4 is 61.4 Å². The number of thiazole rings is 4. The number of aromatic nitrogens is 4. The lowest BCUT2D eigenvalue weighted by Gasteiger charge is -2.50. The molecule has 0 N–H and O–H groups in total. The lowest BCUT2D eigenvalue weighted by atomic mass is 10.4. The Kier molecular flexibility index (Phi) is 22.9. The Bertz CT molecular complexity index is 3440. The molecule has 4 unspecified atom stereocenters. The fourth-order valence-corrected chi connectivity index (χ4v) is 75.7. The number of hydrogen-bond donors (Lipinski definition) is 0. The van der Waals surface area contributed by atoms with E-state index < -0.39 is 79.5 Å². The zero-order valence-electron chi connectivity index (χ0n) is 51.8. The van der Waals surface area contributed by atoms with E-state index in [0.717, 1.165) is 67.7 Å². The van der Waals surface area contributed by atoms with E-state index in [1.54, 1.807) is 40.2 Å². The Morgan fingerprint density at radius 2 is 0.560 bits per heavy atom. The first kappa shape index (κ1) is 68.0. The maximum atomic E-state index is 6.27. The van der Waals surface area contributed by atoms with Crippen molar-refractivity contribution in [2.75, 3.05) is 0 Å². The molecule has 0 amide bonds. The molecule has 2 aliphatic heterocycles. The van der Waals surface area contributed by atoms with Crippen molar-refractivity contribution < 1.29 is 0 Å². The highest BCUT2D eigenvalue weighted by molar-refractivity contribution is 8.43. The first-order chi connectivity index (χ1) is 39.8. The van der Waals surface area contributed by atoms with Crippen LogP contribution in [-0.4, -0.2) is 59.2 Å². The Hall–Kier alpha value is -0.352. The van der Waals surface area contributed by atoms with Crippen LogP contribution in [0.3, 0.4) is 0 Å². The van der Waals surface area contributed by atoms with E-state index in [2.05, 4.69) is 254 Å². The summed E-state index contributed by atoms with van der Waals surface area (Å²) in [5, 5.41) is 5.78. The van der Waals surface area contributed by atoms with Gasteiger partial charge in [-0.25, -0.2) is 0 Å². The third-order valence-electron chi connectivity index (χ3n) is 14.1. The minimum atomic E-state index is -1.73. The Morgan fingerprint density at radius 3 is 0.774 bits per heavy atom. The van der Waals surface area contributed by atoms with Crippen molar-refractivity contribution in [3.8, 4) is 0 Å². The molecule has 448 valence electrons. The number of fused-ring (bicyclic) bond motifs is 4. The third kappa shape index (κ3) is 13.9. The van der Waals surface area contributed by atoms with Crippen molar-refractivity contribution in [2.24, 2.45) is 0 Å². The fourth-order valence-electron chi connectivity index (χ4n) is 12.0. The zero-order chi connectivity index (χ0) is 60.8. The number of rotatable bonds is 20. The quantitative estimate of drug-likeness (QED) is 0.0429. The van der Waals surface area contributed by atoms with Crippen molar-refractivity contribution in [3.63, 3.8) is 0 Å². The van der Waals surface area contributed by atoms with Crippen molar-refractivity contribution >= 4 is 235 Å². The maximum Gasteiger partial charge on any atom is 0.162 e. The molecule has 10 rings (SSSR count). The average Bonchev–Trinajstić information content (AvgIpc) is 1.52. The van der Waals surface area contributed by atoms with E-state index in [9.17, 15) is 0 Å². The van der Waals surface area contributed by atoms with Crippen LogP contribution in [-0.2, 0) is 26.2 Å². The summed E-state index contributed by atoms with van der Waals surface area (Å²) >= 11 is 32.8. The van der Waals surface area contributed by atoms with Crippen molar-refractivity contribution in [1.29, 1.82) is 0 Å². The zero-order valence-corrected chi connectivity index (χ0v) is 67.7. The molecule has 0 saturated carbocycles. The van der Waals surface area contributed by atoms with E-state index >= 15 is 0 Å². The van der Waals surface area contributed by atoms with Gasteiger partial charge < -0.3 is 26.3 Å². The van der Waals surface area contributed by atoms with Crippen LogP contribution in [0.25, 0.3) is 0 Å². The van der Waals surface area contributed by atoms with Crippen LogP contribution >= 0.6 is 141 Å². The Morgan fingerprint density at radius 1 is 0.345 bits per heavy atom. The Labute approximate surface area is 551 Å². The molecular formula is C60H84N6P6S8Si4. The molecular weight excluding hydrogens is 1360 g/mol. The molecule has 4 aromatic heterocycles. The summed E-state index contributed by atoms with van der Waals surface area (Å²) < 4.78 is 27.0. The van der Waals surface area contributed by atoms with Gasteiger partial charge in [-0.05, 0) is 111 Å². The molecule has 6 nitrogen and oxygen atoms in total. The van der Waals surface area contributed by atoms with E-state index in [1.807, 2.05) is 45.3 Å². The van der Waals surface area contributed by atoms with Crippen LogP contribution in [0.2, 0.25) is 78.6 Å².